The Labute approximate surface area is 286 Å². The maximum Gasteiger partial charge on any atom is 0.278 e. The number of rotatable bonds is 11. The fourth-order valence-corrected chi connectivity index (χ4v) is 11.8. The summed E-state index contributed by atoms with van der Waals surface area (Å²) in [5.41, 5.74) is 6.61. The lowest BCUT2D eigenvalue weighted by atomic mass is 9.39. The van der Waals surface area contributed by atoms with Crippen LogP contribution >= 0.6 is 11.6 Å². The van der Waals surface area contributed by atoms with Gasteiger partial charge in [-0.2, -0.15) is 10.2 Å². The van der Waals surface area contributed by atoms with E-state index in [1.807, 2.05) is 35.3 Å². The fraction of sp³-hybridized carbons (Fsp3) is 0.543. The molecule has 3 N–H and O–H groups in total. The van der Waals surface area contributed by atoms with Crippen LogP contribution in [-0.2, 0) is 25.0 Å². The lowest BCUT2D eigenvalue weighted by Gasteiger charge is -2.70. The number of hydrogen-bond donors (Lipinski definition) is 2. The van der Waals surface area contributed by atoms with Gasteiger partial charge in [0.25, 0.3) is 5.91 Å². The van der Waals surface area contributed by atoms with Crippen LogP contribution in [0.2, 0.25) is 0 Å². The van der Waals surface area contributed by atoms with E-state index in [0.29, 0.717) is 37.3 Å². The van der Waals surface area contributed by atoms with Gasteiger partial charge in [0, 0.05) is 35.2 Å². The zero-order valence-electron chi connectivity index (χ0n) is 27.2. The van der Waals surface area contributed by atoms with Crippen molar-refractivity contribution in [3.05, 3.63) is 71.1 Å². The third-order valence-electron chi connectivity index (χ3n) is 11.5. The molecule has 4 fully saturated rings. The standard InChI is InChI=1S/C35H42ClN5O6S/c1-46-27-11-6-12-28(47-2)30(27)34-18-21-17-24(31(34)40-48(44,45)16-14-37)29(32(36)42)35(19-21,20-34)41(33(43)25-13-15-38-39-25)26-10-5-8-22-7-3-4-9-23(22)26/h5-8,10-13,21,23-24,29,31,40H,3-4,9,14-20,37H2,1-2H3. The highest BCUT2D eigenvalue weighted by Gasteiger charge is 2.72. The Bertz CT molecular complexity index is 1770. The van der Waals surface area contributed by atoms with Crippen LogP contribution in [-0.4, -0.2) is 69.1 Å². The molecule has 48 heavy (non-hydrogen) atoms. The molecule has 4 bridgehead atoms. The number of nitrogens with two attached hydrogens (primary N) is 1. The summed E-state index contributed by atoms with van der Waals surface area (Å²) >= 11 is 6.68. The molecule has 0 spiro atoms. The van der Waals surface area contributed by atoms with Crippen LogP contribution in [0.3, 0.4) is 0 Å². The van der Waals surface area contributed by atoms with Crippen molar-refractivity contribution < 1.29 is 27.5 Å². The quantitative estimate of drug-likeness (QED) is 0.323. The number of benzene rings is 1. The van der Waals surface area contributed by atoms with Crippen LogP contribution in [0.25, 0.3) is 0 Å². The zero-order chi connectivity index (χ0) is 33.8. The summed E-state index contributed by atoms with van der Waals surface area (Å²) in [4.78, 5) is 30.8. The van der Waals surface area contributed by atoms with Crippen LogP contribution in [0.4, 0.5) is 0 Å². The van der Waals surface area contributed by atoms with E-state index in [9.17, 15) is 18.0 Å². The second kappa shape index (κ2) is 12.5. The lowest BCUT2D eigenvalue weighted by Crippen LogP contribution is -2.77. The molecule has 13 heteroatoms. The molecule has 7 unspecified atom stereocenters. The first-order chi connectivity index (χ1) is 23.1. The van der Waals surface area contributed by atoms with Gasteiger partial charge in [0.15, 0.2) is 0 Å². The van der Waals surface area contributed by atoms with Crippen molar-refractivity contribution in [1.82, 2.24) is 9.62 Å². The van der Waals surface area contributed by atoms with Gasteiger partial charge < -0.3 is 20.1 Å². The molecule has 1 heterocycles. The molecule has 6 aliphatic carbocycles. The lowest BCUT2D eigenvalue weighted by molar-refractivity contribution is -0.171. The number of sulfonamides is 1. The minimum atomic E-state index is -3.87. The van der Waals surface area contributed by atoms with Crippen LogP contribution in [0.15, 0.2) is 75.8 Å². The number of carbonyl (C=O) groups excluding carboxylic acids is 2. The number of azo groups is 1. The molecule has 1 aromatic rings. The molecule has 7 atom stereocenters. The van der Waals surface area contributed by atoms with Gasteiger partial charge in [0.05, 0.1) is 38.0 Å². The van der Waals surface area contributed by atoms with E-state index in [2.05, 4.69) is 27.1 Å². The Hall–Kier alpha value is -3.32. The maximum absolute atomic E-state index is 15.0. The van der Waals surface area contributed by atoms with Crippen molar-refractivity contribution in [3.63, 3.8) is 0 Å². The number of allylic oxidation sites excluding steroid dienone is 5. The van der Waals surface area contributed by atoms with Crippen molar-refractivity contribution in [2.24, 2.45) is 39.6 Å². The van der Waals surface area contributed by atoms with Crippen molar-refractivity contribution in [3.8, 4) is 11.5 Å². The summed E-state index contributed by atoms with van der Waals surface area (Å²) in [7, 11) is -0.712. The molecule has 0 aromatic heterocycles. The number of amides is 1. The molecule has 1 aliphatic heterocycles. The maximum atomic E-state index is 15.0. The van der Waals surface area contributed by atoms with E-state index in [1.54, 1.807) is 20.3 Å². The molecular formula is C35H42ClN5O6S. The highest BCUT2D eigenvalue weighted by molar-refractivity contribution is 7.89. The van der Waals surface area contributed by atoms with Gasteiger partial charge >= 0.3 is 0 Å². The Morgan fingerprint density at radius 2 is 1.94 bits per heavy atom. The monoisotopic (exact) mass is 695 g/mol. The third kappa shape index (κ3) is 5.18. The highest BCUT2D eigenvalue weighted by atomic mass is 35.5. The molecule has 4 saturated carbocycles. The van der Waals surface area contributed by atoms with E-state index in [4.69, 9.17) is 26.8 Å². The van der Waals surface area contributed by atoms with Gasteiger partial charge in [-0.3, -0.25) is 9.59 Å². The zero-order valence-corrected chi connectivity index (χ0v) is 28.8. The number of ether oxygens (including phenoxy) is 2. The largest absolute Gasteiger partial charge is 0.496 e. The Kier molecular flexibility index (Phi) is 8.67. The van der Waals surface area contributed by atoms with Gasteiger partial charge in [0.1, 0.15) is 17.2 Å². The first-order valence-electron chi connectivity index (χ1n) is 16.7. The minimum Gasteiger partial charge on any atom is -0.496 e. The second-order valence-electron chi connectivity index (χ2n) is 13.9. The summed E-state index contributed by atoms with van der Waals surface area (Å²) in [6, 6.07) is 4.78. The molecular weight excluding hydrogens is 654 g/mol. The van der Waals surface area contributed by atoms with E-state index >= 15 is 0 Å². The van der Waals surface area contributed by atoms with E-state index in [-0.39, 0.29) is 42.2 Å². The molecule has 1 aromatic carbocycles. The number of hydrogen-bond acceptors (Lipinski definition) is 9. The number of halogens is 1. The second-order valence-corrected chi connectivity index (χ2v) is 16.2. The van der Waals surface area contributed by atoms with Crippen molar-refractivity contribution in [1.29, 1.82) is 0 Å². The average Bonchev–Trinajstić information content (AvgIpc) is 3.61. The van der Waals surface area contributed by atoms with Gasteiger partial charge in [-0.05, 0) is 98.2 Å². The molecule has 11 nitrogen and oxygen atoms in total. The van der Waals surface area contributed by atoms with Gasteiger partial charge in [-0.1, -0.05) is 24.3 Å². The smallest absolute Gasteiger partial charge is 0.278 e. The molecule has 0 radical (unpaired) electrons. The summed E-state index contributed by atoms with van der Waals surface area (Å²) in [5, 5.41) is 7.75. The number of methoxy groups -OCH3 is 2. The third-order valence-corrected chi connectivity index (χ3v) is 13.1. The molecule has 7 aliphatic rings. The van der Waals surface area contributed by atoms with Crippen molar-refractivity contribution in [2.75, 3.05) is 33.1 Å². The Balaban J connectivity index is 1.50. The number of fused-ring (bicyclic) bond motifs is 1. The number of carbonyl (C=O) groups is 2. The predicted molar refractivity (Wildman–Crippen MR) is 181 cm³/mol. The Morgan fingerprint density at radius 3 is 2.60 bits per heavy atom. The highest BCUT2D eigenvalue weighted by Crippen LogP contribution is 2.69. The molecule has 8 rings (SSSR count). The summed E-state index contributed by atoms with van der Waals surface area (Å²) < 4.78 is 42.1. The normalized spacial score (nSPS) is 33.1. The van der Waals surface area contributed by atoms with Gasteiger partial charge in [-0.25, -0.2) is 13.1 Å². The molecule has 256 valence electrons. The summed E-state index contributed by atoms with van der Waals surface area (Å²) in [6.45, 7) is 0.235. The first-order valence-corrected chi connectivity index (χ1v) is 18.7. The van der Waals surface area contributed by atoms with Crippen LogP contribution in [0, 0.1) is 23.7 Å². The van der Waals surface area contributed by atoms with Crippen LogP contribution < -0.4 is 19.9 Å². The topological polar surface area (TPSA) is 153 Å². The van der Waals surface area contributed by atoms with E-state index < -0.39 is 44.1 Å². The predicted octanol–water partition coefficient (Wildman–Crippen LogP) is 4.50. The first kappa shape index (κ1) is 33.2. The fourth-order valence-electron chi connectivity index (χ4n) is 10.2. The average molecular weight is 696 g/mol. The summed E-state index contributed by atoms with van der Waals surface area (Å²) in [6.07, 6.45) is 14.7. The number of nitrogens with one attached hydrogen (secondary N) is 1. The van der Waals surface area contributed by atoms with Crippen LogP contribution in [0.1, 0.15) is 50.5 Å². The Morgan fingerprint density at radius 1 is 1.17 bits per heavy atom. The van der Waals surface area contributed by atoms with Crippen molar-refractivity contribution >= 4 is 32.8 Å². The van der Waals surface area contributed by atoms with Gasteiger partial charge in [0.2, 0.25) is 15.3 Å². The SMILES string of the molecule is COc1cccc(OC)c1C12CC3CC(C1NS(=O)(=O)CCN)C(C(=O)Cl)C(N(C(=O)C1=CCN=N1)C1=CC=CC4=CCCCC41)(C3)C2. The summed E-state index contributed by atoms with van der Waals surface area (Å²) in [5.74, 6) is -0.928. The molecule has 0 saturated heterocycles. The van der Waals surface area contributed by atoms with E-state index in [0.717, 1.165) is 36.1 Å². The van der Waals surface area contributed by atoms with Gasteiger partial charge in [-0.15, -0.1) is 0 Å². The van der Waals surface area contributed by atoms with E-state index in [1.165, 1.54) is 0 Å². The minimum absolute atomic E-state index is 0.0384. The number of nitrogens with zero attached hydrogens (tertiary/aromatic N) is 3. The molecule has 1 amide bonds. The van der Waals surface area contributed by atoms with Crippen molar-refractivity contribution in [2.45, 2.75) is 61.9 Å². The van der Waals surface area contributed by atoms with Crippen LogP contribution in [0.5, 0.6) is 11.5 Å².